The van der Waals surface area contributed by atoms with Crippen LogP contribution in [0.15, 0.2) is 18.4 Å². The monoisotopic (exact) mass is 106 g/mol. The highest BCUT2D eigenvalue weighted by Crippen LogP contribution is 1.94. The minimum atomic E-state index is -1.43. The van der Waals surface area contributed by atoms with Crippen LogP contribution in [0.25, 0.3) is 0 Å². The van der Waals surface area contributed by atoms with Gasteiger partial charge in [-0.05, 0) is 0 Å². The van der Waals surface area contributed by atoms with Gasteiger partial charge in [0.1, 0.15) is 0 Å². The van der Waals surface area contributed by atoms with E-state index in [4.69, 9.17) is 11.6 Å². The molecule has 0 saturated heterocycles. The molecular formula is C4H4ClF. The SMILES string of the molecule is C=C=CC(F)Cl. The van der Waals surface area contributed by atoms with Crippen molar-refractivity contribution in [3.63, 3.8) is 0 Å². The maximum Gasteiger partial charge on any atom is 0.199 e. The molecule has 0 spiro atoms. The van der Waals surface area contributed by atoms with E-state index in [0.29, 0.717) is 0 Å². The van der Waals surface area contributed by atoms with Gasteiger partial charge in [0.05, 0.1) is 0 Å². The Morgan fingerprint density at radius 2 is 2.50 bits per heavy atom. The Hall–Kier alpha value is -0.260. The maximum absolute atomic E-state index is 11.3. The second kappa shape index (κ2) is 2.95. The molecule has 0 aliphatic heterocycles. The van der Waals surface area contributed by atoms with Crippen LogP contribution in [-0.4, -0.2) is 5.63 Å². The zero-order valence-electron chi connectivity index (χ0n) is 3.12. The average Bonchev–Trinajstić information content (AvgIpc) is 1.35. The molecule has 0 N–H and O–H groups in total. The van der Waals surface area contributed by atoms with E-state index >= 15 is 0 Å². The summed E-state index contributed by atoms with van der Waals surface area (Å²) >= 11 is 4.75. The van der Waals surface area contributed by atoms with Crippen molar-refractivity contribution < 1.29 is 4.39 Å². The number of allylic oxidation sites excluding steroid dienone is 1. The molecule has 0 radical (unpaired) electrons. The summed E-state index contributed by atoms with van der Waals surface area (Å²) in [5.41, 5.74) is 0.757. The van der Waals surface area contributed by atoms with E-state index in [1.54, 1.807) is 0 Å². The summed E-state index contributed by atoms with van der Waals surface area (Å²) in [7, 11) is 0. The third-order valence-electron chi connectivity index (χ3n) is 0.244. The summed E-state index contributed by atoms with van der Waals surface area (Å²) in [6.07, 6.45) is 1.03. The highest BCUT2D eigenvalue weighted by atomic mass is 35.5. The number of hydrogen-bond donors (Lipinski definition) is 0. The van der Waals surface area contributed by atoms with Crippen molar-refractivity contribution in [3.05, 3.63) is 18.4 Å². The fourth-order valence-electron chi connectivity index (χ4n) is 0.0891. The Morgan fingerprint density at radius 1 is 2.00 bits per heavy atom. The maximum atomic E-state index is 11.3. The first kappa shape index (κ1) is 5.74. The van der Waals surface area contributed by atoms with E-state index in [9.17, 15) is 4.39 Å². The van der Waals surface area contributed by atoms with E-state index in [-0.39, 0.29) is 0 Å². The minimum absolute atomic E-state index is 1.03. The third kappa shape index (κ3) is 3.74. The summed E-state index contributed by atoms with van der Waals surface area (Å²) in [6.45, 7) is 3.10. The van der Waals surface area contributed by atoms with Crippen molar-refractivity contribution in [2.75, 3.05) is 0 Å². The molecule has 6 heavy (non-hydrogen) atoms. The lowest BCUT2D eigenvalue weighted by molar-refractivity contribution is 0.512. The molecule has 0 heterocycles. The van der Waals surface area contributed by atoms with Crippen LogP contribution < -0.4 is 0 Å². The Kier molecular flexibility index (Phi) is 2.82. The second-order valence-corrected chi connectivity index (χ2v) is 1.12. The van der Waals surface area contributed by atoms with Crippen LogP contribution in [0.4, 0.5) is 4.39 Å². The predicted octanol–water partition coefficient (Wildman–Crippen LogP) is 1.86. The van der Waals surface area contributed by atoms with Crippen molar-refractivity contribution in [3.8, 4) is 0 Å². The lowest BCUT2D eigenvalue weighted by atomic mass is 10.7. The van der Waals surface area contributed by atoms with Gasteiger partial charge in [-0.15, -0.1) is 5.73 Å². The van der Waals surface area contributed by atoms with E-state index < -0.39 is 5.63 Å². The van der Waals surface area contributed by atoms with Gasteiger partial charge in [0.15, 0.2) is 5.63 Å². The Bertz CT molecular complexity index is 71.6. The Balaban J connectivity index is 3.29. The van der Waals surface area contributed by atoms with Crippen LogP contribution in [0.3, 0.4) is 0 Å². The Morgan fingerprint density at radius 3 is 2.50 bits per heavy atom. The highest BCUT2D eigenvalue weighted by molar-refractivity contribution is 6.20. The van der Waals surface area contributed by atoms with Gasteiger partial charge in [0.25, 0.3) is 0 Å². The van der Waals surface area contributed by atoms with Crippen LogP contribution in [0.1, 0.15) is 0 Å². The molecule has 0 aliphatic rings. The summed E-state index contributed by atoms with van der Waals surface area (Å²) in [4.78, 5) is 0. The van der Waals surface area contributed by atoms with Gasteiger partial charge in [-0.2, -0.15) is 0 Å². The fourth-order valence-corrected chi connectivity index (χ4v) is 0.178. The van der Waals surface area contributed by atoms with Crippen molar-refractivity contribution in [1.29, 1.82) is 0 Å². The smallest absolute Gasteiger partial charge is 0.199 e. The van der Waals surface area contributed by atoms with Gasteiger partial charge < -0.3 is 0 Å². The lowest BCUT2D eigenvalue weighted by Crippen LogP contribution is -1.72. The van der Waals surface area contributed by atoms with Gasteiger partial charge >= 0.3 is 0 Å². The molecule has 34 valence electrons. The minimum Gasteiger partial charge on any atom is -0.225 e. The van der Waals surface area contributed by atoms with Gasteiger partial charge in [-0.25, -0.2) is 4.39 Å². The normalized spacial score (nSPS) is 12.3. The molecule has 0 bridgehead atoms. The molecule has 0 saturated carbocycles. The third-order valence-corrected chi connectivity index (χ3v) is 0.370. The molecule has 0 rings (SSSR count). The van der Waals surface area contributed by atoms with Crippen molar-refractivity contribution in [1.82, 2.24) is 0 Å². The summed E-state index contributed by atoms with van der Waals surface area (Å²) in [6, 6.07) is 0. The first-order valence-electron chi connectivity index (χ1n) is 1.41. The molecular weight excluding hydrogens is 102 g/mol. The molecule has 1 atom stereocenters. The molecule has 0 nitrogen and oxygen atoms in total. The van der Waals surface area contributed by atoms with Gasteiger partial charge in [0, 0.05) is 6.08 Å². The van der Waals surface area contributed by atoms with Crippen molar-refractivity contribution >= 4 is 11.6 Å². The molecule has 0 aromatic heterocycles. The standard InChI is InChI=1S/C4H4ClF/c1-2-3-4(5)6/h3-4H,1H2. The highest BCUT2D eigenvalue weighted by Gasteiger charge is 1.85. The van der Waals surface area contributed by atoms with Gasteiger partial charge in [-0.1, -0.05) is 18.2 Å². The van der Waals surface area contributed by atoms with Crippen LogP contribution in [-0.2, 0) is 0 Å². The molecule has 0 fully saturated rings. The largest absolute Gasteiger partial charge is 0.225 e. The quantitative estimate of drug-likeness (QED) is 0.354. The van der Waals surface area contributed by atoms with Crippen LogP contribution in [0.5, 0.6) is 0 Å². The molecule has 0 aromatic carbocycles. The summed E-state index contributed by atoms with van der Waals surface area (Å²) in [5.74, 6) is 0. The van der Waals surface area contributed by atoms with Gasteiger partial charge in [0.2, 0.25) is 0 Å². The number of rotatable bonds is 1. The molecule has 0 amide bonds. The molecule has 1 unspecified atom stereocenters. The molecule has 0 aromatic rings. The summed E-state index contributed by atoms with van der Waals surface area (Å²) in [5, 5.41) is 0. The van der Waals surface area contributed by atoms with E-state index in [1.807, 2.05) is 0 Å². The predicted molar refractivity (Wildman–Crippen MR) is 24.5 cm³/mol. The van der Waals surface area contributed by atoms with Crippen LogP contribution in [0.2, 0.25) is 0 Å². The first-order valence-corrected chi connectivity index (χ1v) is 1.85. The number of halogens is 2. The van der Waals surface area contributed by atoms with Crippen molar-refractivity contribution in [2.24, 2.45) is 0 Å². The number of hydrogen-bond acceptors (Lipinski definition) is 0. The number of alkyl halides is 2. The lowest BCUT2D eigenvalue weighted by Gasteiger charge is -1.76. The summed E-state index contributed by atoms with van der Waals surface area (Å²) < 4.78 is 11.3. The molecule has 2 heteroatoms. The van der Waals surface area contributed by atoms with E-state index in [2.05, 4.69) is 12.3 Å². The average molecular weight is 107 g/mol. The first-order chi connectivity index (χ1) is 2.77. The van der Waals surface area contributed by atoms with E-state index in [0.717, 1.165) is 6.08 Å². The topological polar surface area (TPSA) is 0 Å². The van der Waals surface area contributed by atoms with Crippen LogP contribution >= 0.6 is 11.6 Å². The van der Waals surface area contributed by atoms with Crippen LogP contribution in [0, 0.1) is 0 Å². The Labute approximate surface area is 40.9 Å². The second-order valence-electron chi connectivity index (χ2n) is 0.705. The zero-order valence-corrected chi connectivity index (χ0v) is 3.87. The van der Waals surface area contributed by atoms with Gasteiger partial charge in [-0.3, -0.25) is 0 Å². The van der Waals surface area contributed by atoms with Crippen molar-refractivity contribution in [2.45, 2.75) is 5.63 Å². The fraction of sp³-hybridized carbons (Fsp3) is 0.250. The zero-order chi connectivity index (χ0) is 4.99. The molecule has 0 aliphatic carbocycles. The van der Waals surface area contributed by atoms with E-state index in [1.165, 1.54) is 0 Å².